The Morgan fingerprint density at radius 3 is 2.75 bits per heavy atom. The van der Waals surface area contributed by atoms with Crippen LogP contribution in [0.25, 0.3) is 0 Å². The van der Waals surface area contributed by atoms with Crippen molar-refractivity contribution in [3.63, 3.8) is 0 Å². The van der Waals surface area contributed by atoms with Gasteiger partial charge in [-0.25, -0.2) is 0 Å². The first kappa shape index (κ1) is 10.1. The van der Waals surface area contributed by atoms with Crippen LogP contribution in [0.2, 0.25) is 0 Å². The second-order valence-corrected chi connectivity index (χ2v) is 5.13. The van der Waals surface area contributed by atoms with Gasteiger partial charge in [-0.15, -0.1) is 0 Å². The van der Waals surface area contributed by atoms with E-state index in [4.69, 9.17) is 0 Å². The van der Waals surface area contributed by atoms with Crippen LogP contribution < -0.4 is 10.8 Å². The summed E-state index contributed by atoms with van der Waals surface area (Å²) in [5.74, 6) is 0.348. The Bertz CT molecular complexity index is 449. The smallest absolute Gasteiger partial charge is 0.164 e. The number of hydrogen-bond donors (Lipinski definition) is 1. The summed E-state index contributed by atoms with van der Waals surface area (Å²) in [5.41, 5.74) is 3.79. The number of rotatable bonds is 0. The lowest BCUT2D eigenvalue weighted by atomic mass is 9.70. The third-order valence-corrected chi connectivity index (χ3v) is 4.16. The Labute approximate surface area is 96.8 Å². The molecule has 1 aliphatic heterocycles. The fourth-order valence-electron chi connectivity index (χ4n) is 3.43. The molecular weight excluding hydrogens is 197 g/mol. The van der Waals surface area contributed by atoms with Crippen molar-refractivity contribution in [3.05, 3.63) is 29.3 Å². The lowest BCUT2D eigenvalue weighted by Crippen LogP contribution is -2.41. The molecule has 82 valence electrons. The Morgan fingerprint density at radius 2 is 2.00 bits per heavy atom. The van der Waals surface area contributed by atoms with Gasteiger partial charge in [0.15, 0.2) is 5.78 Å². The molecule has 1 fully saturated rings. The van der Waals surface area contributed by atoms with Gasteiger partial charge in [-0.05, 0) is 31.5 Å². The largest absolute Gasteiger partial charge is 0.317 e. The maximum Gasteiger partial charge on any atom is 0.164 e. The van der Waals surface area contributed by atoms with Crippen LogP contribution in [0.4, 0.5) is 0 Å². The highest BCUT2D eigenvalue weighted by molar-refractivity contribution is 6.34. The standard InChI is InChI=1S/C13H16BNO/c14-10-3-1-2-9-11(16)8-13(12(9)10)4-6-15-7-5-13/h1-3,15H,4-8,14H2. The van der Waals surface area contributed by atoms with Crippen molar-refractivity contribution >= 4 is 19.1 Å². The first-order valence-corrected chi connectivity index (χ1v) is 6.07. The molecule has 0 unspecified atom stereocenters. The van der Waals surface area contributed by atoms with Gasteiger partial charge in [0.25, 0.3) is 0 Å². The highest BCUT2D eigenvalue weighted by Crippen LogP contribution is 2.43. The minimum absolute atomic E-state index is 0.156. The van der Waals surface area contributed by atoms with Crippen LogP contribution in [0.15, 0.2) is 18.2 Å². The molecule has 1 heterocycles. The SMILES string of the molecule is Bc1cccc2c1C1(CCNCC1)CC2=O. The van der Waals surface area contributed by atoms with Crippen LogP contribution in [0, 0.1) is 0 Å². The van der Waals surface area contributed by atoms with E-state index in [9.17, 15) is 4.79 Å². The van der Waals surface area contributed by atoms with E-state index in [0.29, 0.717) is 5.78 Å². The fraction of sp³-hybridized carbons (Fsp3) is 0.462. The molecule has 16 heavy (non-hydrogen) atoms. The monoisotopic (exact) mass is 213 g/mol. The van der Waals surface area contributed by atoms with Crippen LogP contribution in [0.5, 0.6) is 0 Å². The summed E-state index contributed by atoms with van der Waals surface area (Å²) in [6, 6.07) is 6.15. The number of benzene rings is 1. The van der Waals surface area contributed by atoms with Crippen molar-refractivity contribution in [2.24, 2.45) is 0 Å². The van der Waals surface area contributed by atoms with Gasteiger partial charge in [-0.1, -0.05) is 23.7 Å². The maximum atomic E-state index is 12.1. The lowest BCUT2D eigenvalue weighted by molar-refractivity contribution is 0.0964. The molecule has 0 atom stereocenters. The molecular formula is C13H16BNO. The normalized spacial score (nSPS) is 22.4. The van der Waals surface area contributed by atoms with Gasteiger partial charge in [0.05, 0.1) is 0 Å². The minimum Gasteiger partial charge on any atom is -0.317 e. The summed E-state index contributed by atoms with van der Waals surface area (Å²) in [7, 11) is 2.14. The Morgan fingerprint density at radius 1 is 1.25 bits per heavy atom. The fourth-order valence-corrected chi connectivity index (χ4v) is 3.43. The van der Waals surface area contributed by atoms with Crippen molar-refractivity contribution in [2.75, 3.05) is 13.1 Å². The van der Waals surface area contributed by atoms with Gasteiger partial charge in [0, 0.05) is 17.4 Å². The van der Waals surface area contributed by atoms with Crippen molar-refractivity contribution in [1.29, 1.82) is 0 Å². The van der Waals surface area contributed by atoms with Gasteiger partial charge >= 0.3 is 0 Å². The first-order chi connectivity index (χ1) is 7.73. The third-order valence-electron chi connectivity index (χ3n) is 4.16. The molecule has 1 aliphatic carbocycles. The van der Waals surface area contributed by atoms with Crippen molar-refractivity contribution in [2.45, 2.75) is 24.7 Å². The van der Waals surface area contributed by atoms with Crippen LogP contribution in [-0.4, -0.2) is 26.7 Å². The average molecular weight is 213 g/mol. The molecule has 0 saturated carbocycles. The van der Waals surface area contributed by atoms with Gasteiger partial charge < -0.3 is 5.32 Å². The summed E-state index contributed by atoms with van der Waals surface area (Å²) in [4.78, 5) is 12.1. The van der Waals surface area contributed by atoms with E-state index in [-0.39, 0.29) is 5.41 Å². The van der Waals surface area contributed by atoms with Crippen molar-refractivity contribution in [1.82, 2.24) is 5.32 Å². The molecule has 0 amide bonds. The number of carbonyl (C=O) groups is 1. The predicted molar refractivity (Wildman–Crippen MR) is 67.3 cm³/mol. The minimum atomic E-state index is 0.156. The zero-order valence-corrected chi connectivity index (χ0v) is 9.68. The Balaban J connectivity index is 2.16. The van der Waals surface area contributed by atoms with Crippen LogP contribution in [0.1, 0.15) is 35.2 Å². The van der Waals surface area contributed by atoms with Gasteiger partial charge in [-0.2, -0.15) is 0 Å². The van der Waals surface area contributed by atoms with Gasteiger partial charge in [0.1, 0.15) is 7.85 Å². The van der Waals surface area contributed by atoms with Gasteiger partial charge in [0.2, 0.25) is 0 Å². The number of carbonyl (C=O) groups excluding carboxylic acids is 1. The zero-order valence-electron chi connectivity index (χ0n) is 9.68. The summed E-state index contributed by atoms with van der Waals surface area (Å²) < 4.78 is 0. The molecule has 3 heteroatoms. The molecule has 1 aromatic rings. The van der Waals surface area contributed by atoms with Crippen LogP contribution in [0.3, 0.4) is 0 Å². The van der Waals surface area contributed by atoms with Gasteiger partial charge in [-0.3, -0.25) is 4.79 Å². The zero-order chi connectivity index (χ0) is 11.2. The number of Topliss-reactive ketones (excluding diaryl/α,β-unsaturated/α-hetero) is 1. The summed E-state index contributed by atoms with van der Waals surface area (Å²) in [6.07, 6.45) is 2.95. The second-order valence-electron chi connectivity index (χ2n) is 5.13. The van der Waals surface area contributed by atoms with E-state index in [1.807, 2.05) is 12.1 Å². The maximum absolute atomic E-state index is 12.1. The van der Waals surface area contributed by atoms with E-state index in [1.54, 1.807) is 0 Å². The predicted octanol–water partition coefficient (Wildman–Crippen LogP) is 0.153. The molecule has 1 aromatic carbocycles. The van der Waals surface area contributed by atoms with E-state index in [0.717, 1.165) is 37.9 Å². The lowest BCUT2D eigenvalue weighted by Gasteiger charge is -2.35. The first-order valence-electron chi connectivity index (χ1n) is 6.07. The highest BCUT2D eigenvalue weighted by Gasteiger charge is 2.44. The molecule has 0 bridgehead atoms. The highest BCUT2D eigenvalue weighted by atomic mass is 16.1. The molecule has 1 N–H and O–H groups in total. The average Bonchev–Trinajstić information content (AvgIpc) is 2.55. The number of nitrogens with one attached hydrogen (secondary N) is 1. The van der Waals surface area contributed by atoms with Crippen molar-refractivity contribution in [3.8, 4) is 0 Å². The number of ketones is 1. The summed E-state index contributed by atoms with van der Waals surface area (Å²) in [6.45, 7) is 2.09. The molecule has 1 saturated heterocycles. The van der Waals surface area contributed by atoms with Crippen LogP contribution in [-0.2, 0) is 5.41 Å². The number of fused-ring (bicyclic) bond motifs is 2. The molecule has 3 rings (SSSR count). The quantitative estimate of drug-likeness (QED) is 0.621. The van der Waals surface area contributed by atoms with E-state index >= 15 is 0 Å². The molecule has 2 aliphatic rings. The Kier molecular flexibility index (Phi) is 2.18. The van der Waals surface area contributed by atoms with E-state index in [1.165, 1.54) is 11.0 Å². The molecule has 1 spiro atoms. The topological polar surface area (TPSA) is 29.1 Å². The van der Waals surface area contributed by atoms with E-state index < -0.39 is 0 Å². The molecule has 2 nitrogen and oxygen atoms in total. The number of hydrogen-bond acceptors (Lipinski definition) is 2. The second kappa shape index (κ2) is 3.46. The summed E-state index contributed by atoms with van der Waals surface area (Å²) >= 11 is 0. The van der Waals surface area contributed by atoms with Crippen LogP contribution >= 0.6 is 0 Å². The summed E-state index contributed by atoms with van der Waals surface area (Å²) in [5, 5.41) is 3.39. The van der Waals surface area contributed by atoms with E-state index in [2.05, 4.69) is 19.2 Å². The number of piperidine rings is 1. The molecule has 0 radical (unpaired) electrons. The van der Waals surface area contributed by atoms with Crippen molar-refractivity contribution < 1.29 is 4.79 Å². The Hall–Kier alpha value is -1.09. The third kappa shape index (κ3) is 1.28. The molecule has 0 aromatic heterocycles.